The van der Waals surface area contributed by atoms with E-state index in [1.54, 1.807) is 23.7 Å². The number of aromatic nitrogens is 1. The van der Waals surface area contributed by atoms with Gasteiger partial charge in [0.2, 0.25) is 0 Å². The molecular weight excluding hydrogens is 292 g/mol. The fraction of sp³-hybridized carbons (Fsp3) is 0.444. The SMILES string of the molecule is CC[C@H]1CCc2sc(C(=O)N[C@@H](C)c3ccncc3)cc2C1. The summed E-state index contributed by atoms with van der Waals surface area (Å²) in [5.41, 5.74) is 2.47. The van der Waals surface area contributed by atoms with Crippen LogP contribution in [0.5, 0.6) is 0 Å². The standard InChI is InChI=1S/C18H22N2OS/c1-3-13-4-5-16-15(10-13)11-17(22-16)18(21)20-12(2)14-6-8-19-9-7-14/h6-9,11-13H,3-5,10H2,1-2H3,(H,20,21)/t12-,13-/m0/s1. The first-order chi connectivity index (χ1) is 10.7. The lowest BCUT2D eigenvalue weighted by Crippen LogP contribution is -2.25. The predicted molar refractivity (Wildman–Crippen MR) is 90.2 cm³/mol. The van der Waals surface area contributed by atoms with Crippen LogP contribution in [0.1, 0.15) is 58.4 Å². The maximum atomic E-state index is 12.5. The second kappa shape index (κ2) is 6.61. The van der Waals surface area contributed by atoms with E-state index in [0.29, 0.717) is 0 Å². The molecule has 1 aliphatic rings. The van der Waals surface area contributed by atoms with E-state index in [4.69, 9.17) is 0 Å². The summed E-state index contributed by atoms with van der Waals surface area (Å²) in [7, 11) is 0. The van der Waals surface area contributed by atoms with Gasteiger partial charge in [-0.2, -0.15) is 0 Å². The van der Waals surface area contributed by atoms with E-state index in [0.717, 1.165) is 29.2 Å². The van der Waals surface area contributed by atoms with Gasteiger partial charge in [-0.1, -0.05) is 13.3 Å². The molecular formula is C18H22N2OS. The molecule has 0 unspecified atom stereocenters. The average Bonchev–Trinajstić information content (AvgIpc) is 2.98. The molecule has 3 nitrogen and oxygen atoms in total. The van der Waals surface area contributed by atoms with Crippen LogP contribution >= 0.6 is 11.3 Å². The average molecular weight is 314 g/mol. The summed E-state index contributed by atoms with van der Waals surface area (Å²) in [6, 6.07) is 5.99. The van der Waals surface area contributed by atoms with Gasteiger partial charge in [-0.25, -0.2) is 0 Å². The smallest absolute Gasteiger partial charge is 0.261 e. The molecule has 2 heterocycles. The van der Waals surface area contributed by atoms with Gasteiger partial charge in [-0.15, -0.1) is 11.3 Å². The van der Waals surface area contributed by atoms with E-state index in [9.17, 15) is 4.79 Å². The molecule has 0 saturated carbocycles. The Bertz CT molecular complexity index is 650. The summed E-state index contributed by atoms with van der Waals surface area (Å²) < 4.78 is 0. The highest BCUT2D eigenvalue weighted by Gasteiger charge is 2.22. The molecule has 1 aliphatic carbocycles. The molecule has 0 radical (unpaired) electrons. The molecule has 116 valence electrons. The Hall–Kier alpha value is -1.68. The van der Waals surface area contributed by atoms with Gasteiger partial charge in [-0.05, 0) is 61.4 Å². The number of hydrogen-bond donors (Lipinski definition) is 1. The minimum atomic E-state index is -0.00183. The van der Waals surface area contributed by atoms with Crippen LogP contribution in [0.4, 0.5) is 0 Å². The molecule has 0 aromatic carbocycles. The molecule has 0 aliphatic heterocycles. The maximum absolute atomic E-state index is 12.5. The lowest BCUT2D eigenvalue weighted by Gasteiger charge is -2.19. The van der Waals surface area contributed by atoms with Crippen LogP contribution in [-0.4, -0.2) is 10.9 Å². The number of nitrogens with one attached hydrogen (secondary N) is 1. The van der Waals surface area contributed by atoms with Crippen molar-refractivity contribution in [3.05, 3.63) is 51.5 Å². The van der Waals surface area contributed by atoms with Gasteiger partial charge in [0.15, 0.2) is 0 Å². The lowest BCUT2D eigenvalue weighted by atomic mass is 9.87. The summed E-state index contributed by atoms with van der Waals surface area (Å²) in [5.74, 6) is 0.825. The number of aryl methyl sites for hydroxylation is 1. The van der Waals surface area contributed by atoms with Crippen molar-refractivity contribution in [1.82, 2.24) is 10.3 Å². The minimum absolute atomic E-state index is 0.00183. The Balaban J connectivity index is 1.70. The Morgan fingerprint density at radius 2 is 2.23 bits per heavy atom. The van der Waals surface area contributed by atoms with Crippen molar-refractivity contribution in [1.29, 1.82) is 0 Å². The number of pyridine rings is 1. The van der Waals surface area contributed by atoms with Crippen molar-refractivity contribution >= 4 is 17.2 Å². The van der Waals surface area contributed by atoms with E-state index >= 15 is 0 Å². The van der Waals surface area contributed by atoms with Gasteiger partial charge in [0.1, 0.15) is 0 Å². The molecule has 3 rings (SSSR count). The second-order valence-corrected chi connectivity index (χ2v) is 7.19. The van der Waals surface area contributed by atoms with E-state index in [1.165, 1.54) is 23.3 Å². The fourth-order valence-electron chi connectivity index (χ4n) is 3.06. The van der Waals surface area contributed by atoms with Gasteiger partial charge in [0.25, 0.3) is 5.91 Å². The molecule has 1 N–H and O–H groups in total. The number of amides is 1. The van der Waals surface area contributed by atoms with Crippen LogP contribution in [0, 0.1) is 5.92 Å². The molecule has 0 spiro atoms. The number of carbonyl (C=O) groups excluding carboxylic acids is 1. The highest BCUT2D eigenvalue weighted by atomic mass is 32.1. The van der Waals surface area contributed by atoms with E-state index in [-0.39, 0.29) is 11.9 Å². The van der Waals surface area contributed by atoms with E-state index in [2.05, 4.69) is 23.3 Å². The molecule has 4 heteroatoms. The highest BCUT2D eigenvalue weighted by Crippen LogP contribution is 2.33. The van der Waals surface area contributed by atoms with Gasteiger partial charge < -0.3 is 5.32 Å². The number of carbonyl (C=O) groups is 1. The Labute approximate surface area is 135 Å². The van der Waals surface area contributed by atoms with Gasteiger partial charge in [0.05, 0.1) is 10.9 Å². The van der Waals surface area contributed by atoms with Crippen molar-refractivity contribution in [2.45, 2.75) is 45.6 Å². The first-order valence-corrected chi connectivity index (χ1v) is 8.81. The molecule has 0 bridgehead atoms. The van der Waals surface area contributed by atoms with Gasteiger partial charge in [-0.3, -0.25) is 9.78 Å². The summed E-state index contributed by atoms with van der Waals surface area (Å²) in [6.07, 6.45) is 8.27. The topological polar surface area (TPSA) is 42.0 Å². The maximum Gasteiger partial charge on any atom is 0.261 e. The zero-order valence-electron chi connectivity index (χ0n) is 13.1. The van der Waals surface area contributed by atoms with Crippen molar-refractivity contribution in [2.24, 2.45) is 5.92 Å². The number of fused-ring (bicyclic) bond motifs is 1. The van der Waals surface area contributed by atoms with E-state index < -0.39 is 0 Å². The molecule has 0 saturated heterocycles. The largest absolute Gasteiger partial charge is 0.345 e. The first-order valence-electron chi connectivity index (χ1n) is 7.99. The summed E-state index contributed by atoms with van der Waals surface area (Å²) in [5, 5.41) is 3.09. The molecule has 22 heavy (non-hydrogen) atoms. The summed E-state index contributed by atoms with van der Waals surface area (Å²) in [4.78, 5) is 18.8. The number of hydrogen-bond acceptors (Lipinski definition) is 3. The third-order valence-electron chi connectivity index (χ3n) is 4.54. The minimum Gasteiger partial charge on any atom is -0.345 e. The molecule has 1 amide bonds. The van der Waals surface area contributed by atoms with Gasteiger partial charge in [0, 0.05) is 17.3 Å². The van der Waals surface area contributed by atoms with Gasteiger partial charge >= 0.3 is 0 Å². The Kier molecular flexibility index (Phi) is 4.57. The number of thiophene rings is 1. The third kappa shape index (κ3) is 3.22. The molecule has 0 fully saturated rings. The van der Waals surface area contributed by atoms with Crippen LogP contribution in [0.25, 0.3) is 0 Å². The van der Waals surface area contributed by atoms with Crippen LogP contribution in [0.15, 0.2) is 30.6 Å². The number of nitrogens with zero attached hydrogens (tertiary/aromatic N) is 1. The second-order valence-electron chi connectivity index (χ2n) is 6.05. The summed E-state index contributed by atoms with van der Waals surface area (Å²) in [6.45, 7) is 4.26. The molecule has 2 aromatic rings. The van der Waals surface area contributed by atoms with Crippen molar-refractivity contribution in [3.63, 3.8) is 0 Å². The molecule has 2 aromatic heterocycles. The molecule has 2 atom stereocenters. The van der Waals surface area contributed by atoms with Crippen LogP contribution < -0.4 is 5.32 Å². The van der Waals surface area contributed by atoms with E-state index in [1.807, 2.05) is 19.1 Å². The normalized spacial score (nSPS) is 18.5. The zero-order valence-corrected chi connectivity index (χ0v) is 14.0. The summed E-state index contributed by atoms with van der Waals surface area (Å²) >= 11 is 1.67. The quantitative estimate of drug-likeness (QED) is 0.921. The van der Waals surface area contributed by atoms with Crippen molar-refractivity contribution < 1.29 is 4.79 Å². The van der Waals surface area contributed by atoms with Crippen LogP contribution in [0.3, 0.4) is 0 Å². The Morgan fingerprint density at radius 1 is 1.45 bits per heavy atom. The zero-order chi connectivity index (χ0) is 15.5. The predicted octanol–water partition coefficient (Wildman–Crippen LogP) is 4.15. The first kappa shape index (κ1) is 15.2. The number of rotatable bonds is 4. The third-order valence-corrected chi connectivity index (χ3v) is 5.78. The fourth-order valence-corrected chi connectivity index (χ4v) is 4.17. The lowest BCUT2D eigenvalue weighted by molar-refractivity contribution is 0.0944. The van der Waals surface area contributed by atoms with Crippen LogP contribution in [0.2, 0.25) is 0 Å². The van der Waals surface area contributed by atoms with Crippen LogP contribution in [-0.2, 0) is 12.8 Å². The Morgan fingerprint density at radius 3 is 2.95 bits per heavy atom. The van der Waals surface area contributed by atoms with Crippen molar-refractivity contribution in [2.75, 3.05) is 0 Å². The van der Waals surface area contributed by atoms with Crippen molar-refractivity contribution in [3.8, 4) is 0 Å². The monoisotopic (exact) mass is 314 g/mol. The highest BCUT2D eigenvalue weighted by molar-refractivity contribution is 7.14.